The summed E-state index contributed by atoms with van der Waals surface area (Å²) in [5.41, 5.74) is 3.37. The molecule has 1 aliphatic heterocycles. The van der Waals surface area contributed by atoms with Crippen molar-refractivity contribution >= 4 is 16.7 Å². The van der Waals surface area contributed by atoms with E-state index in [1.807, 2.05) is 18.2 Å². The molecule has 4 heteroatoms. The number of benzene rings is 2. The Morgan fingerprint density at radius 1 is 1.07 bits per heavy atom. The van der Waals surface area contributed by atoms with Crippen molar-refractivity contribution in [2.45, 2.75) is 25.9 Å². The maximum absolute atomic E-state index is 5.46. The molecule has 150 valence electrons. The summed E-state index contributed by atoms with van der Waals surface area (Å²) < 4.78 is 5.46. The van der Waals surface area contributed by atoms with E-state index in [1.54, 1.807) is 7.11 Å². The van der Waals surface area contributed by atoms with Crippen LogP contribution in [0, 0.1) is 0 Å². The summed E-state index contributed by atoms with van der Waals surface area (Å²) in [6, 6.07) is 19.7. The molecule has 0 radical (unpaired) electrons. The standard InChI is InChI=1S/C25H29N3O/c1-5-13-27-16-19(3)28(17-18(27)2)25-15-23(20-9-8-10-21(14-20)29-4)22-11-6-7-12-24(22)26-25/h5-12,14-15,18-19H,1,13,16-17H2,2-4H3/t18-,19+/m1/s1. The van der Waals surface area contributed by atoms with Crippen molar-refractivity contribution in [1.82, 2.24) is 9.88 Å². The number of hydrogen-bond donors (Lipinski definition) is 0. The zero-order valence-corrected chi connectivity index (χ0v) is 17.5. The Hall–Kier alpha value is -2.85. The largest absolute Gasteiger partial charge is 0.497 e. The predicted molar refractivity (Wildman–Crippen MR) is 122 cm³/mol. The Morgan fingerprint density at radius 3 is 2.69 bits per heavy atom. The molecule has 2 atom stereocenters. The zero-order chi connectivity index (χ0) is 20.4. The third-order valence-electron chi connectivity index (χ3n) is 5.86. The number of fused-ring (bicyclic) bond motifs is 1. The van der Waals surface area contributed by atoms with E-state index in [-0.39, 0.29) is 0 Å². The SMILES string of the molecule is C=CCN1C[C@H](C)N(c2cc(-c3cccc(OC)c3)c3ccccc3n2)C[C@H]1C. The lowest BCUT2D eigenvalue weighted by atomic mass is 10.00. The van der Waals surface area contributed by atoms with Crippen LogP contribution in [0.5, 0.6) is 5.75 Å². The monoisotopic (exact) mass is 387 g/mol. The van der Waals surface area contributed by atoms with Gasteiger partial charge in [0.05, 0.1) is 12.6 Å². The van der Waals surface area contributed by atoms with E-state index in [0.29, 0.717) is 12.1 Å². The van der Waals surface area contributed by atoms with Gasteiger partial charge in [-0.2, -0.15) is 0 Å². The van der Waals surface area contributed by atoms with Gasteiger partial charge in [-0.05, 0) is 49.2 Å². The van der Waals surface area contributed by atoms with Crippen molar-refractivity contribution in [2.24, 2.45) is 0 Å². The summed E-state index contributed by atoms with van der Waals surface area (Å²) in [4.78, 5) is 9.97. The molecule has 4 nitrogen and oxygen atoms in total. The number of ether oxygens (including phenoxy) is 1. The number of para-hydroxylation sites is 1. The van der Waals surface area contributed by atoms with Gasteiger partial charge >= 0.3 is 0 Å². The first kappa shape index (κ1) is 19.5. The molecule has 0 unspecified atom stereocenters. The van der Waals surface area contributed by atoms with Crippen LogP contribution in [-0.4, -0.2) is 48.7 Å². The molecule has 2 heterocycles. The average Bonchev–Trinajstić information content (AvgIpc) is 2.75. The van der Waals surface area contributed by atoms with Gasteiger partial charge in [0.1, 0.15) is 11.6 Å². The van der Waals surface area contributed by atoms with Gasteiger partial charge in [-0.1, -0.05) is 36.4 Å². The molecular weight excluding hydrogens is 358 g/mol. The topological polar surface area (TPSA) is 28.6 Å². The molecule has 0 aliphatic carbocycles. The van der Waals surface area contributed by atoms with E-state index in [0.717, 1.165) is 47.7 Å². The third-order valence-corrected chi connectivity index (χ3v) is 5.86. The second kappa shape index (κ2) is 8.26. The molecule has 3 aromatic rings. The van der Waals surface area contributed by atoms with Crippen LogP contribution >= 0.6 is 0 Å². The molecule has 1 aliphatic rings. The van der Waals surface area contributed by atoms with Crippen molar-refractivity contribution < 1.29 is 4.74 Å². The van der Waals surface area contributed by atoms with Gasteiger partial charge in [0.25, 0.3) is 0 Å². The van der Waals surface area contributed by atoms with Crippen molar-refractivity contribution in [3.05, 3.63) is 67.3 Å². The Morgan fingerprint density at radius 2 is 1.90 bits per heavy atom. The lowest BCUT2D eigenvalue weighted by Crippen LogP contribution is -2.56. The molecule has 0 bridgehead atoms. The molecular formula is C25H29N3O. The molecule has 0 N–H and O–H groups in total. The Labute approximate surface area is 173 Å². The van der Waals surface area contributed by atoms with E-state index >= 15 is 0 Å². The Balaban J connectivity index is 1.79. The Kier molecular flexibility index (Phi) is 5.54. The van der Waals surface area contributed by atoms with Crippen LogP contribution in [0.25, 0.3) is 22.0 Å². The van der Waals surface area contributed by atoms with Crippen LogP contribution in [0.15, 0.2) is 67.3 Å². The van der Waals surface area contributed by atoms with E-state index in [9.17, 15) is 0 Å². The molecule has 1 saturated heterocycles. The molecule has 0 amide bonds. The number of methoxy groups -OCH3 is 1. The number of rotatable bonds is 5. The van der Waals surface area contributed by atoms with Crippen LogP contribution in [0.1, 0.15) is 13.8 Å². The lowest BCUT2D eigenvalue weighted by molar-refractivity contribution is 0.184. The van der Waals surface area contributed by atoms with Crippen molar-refractivity contribution in [3.63, 3.8) is 0 Å². The number of anilines is 1. The van der Waals surface area contributed by atoms with Crippen LogP contribution in [0.3, 0.4) is 0 Å². The normalized spacial score (nSPS) is 20.0. The van der Waals surface area contributed by atoms with Gasteiger partial charge in [0.15, 0.2) is 0 Å². The maximum Gasteiger partial charge on any atom is 0.130 e. The van der Waals surface area contributed by atoms with E-state index in [4.69, 9.17) is 9.72 Å². The third kappa shape index (κ3) is 3.85. The highest BCUT2D eigenvalue weighted by Crippen LogP contribution is 2.34. The summed E-state index contributed by atoms with van der Waals surface area (Å²) in [5, 5.41) is 1.16. The average molecular weight is 388 g/mol. The van der Waals surface area contributed by atoms with Crippen molar-refractivity contribution in [2.75, 3.05) is 31.6 Å². The molecule has 0 saturated carbocycles. The van der Waals surface area contributed by atoms with Gasteiger partial charge in [-0.25, -0.2) is 4.98 Å². The molecule has 1 aromatic heterocycles. The van der Waals surface area contributed by atoms with Crippen LogP contribution in [0.2, 0.25) is 0 Å². The first-order chi connectivity index (χ1) is 14.1. The highest BCUT2D eigenvalue weighted by Gasteiger charge is 2.29. The summed E-state index contributed by atoms with van der Waals surface area (Å²) in [6.07, 6.45) is 1.99. The van der Waals surface area contributed by atoms with Gasteiger partial charge < -0.3 is 9.64 Å². The summed E-state index contributed by atoms with van der Waals surface area (Å²) in [6.45, 7) is 11.4. The van der Waals surface area contributed by atoms with Crippen LogP contribution < -0.4 is 9.64 Å². The summed E-state index contributed by atoms with van der Waals surface area (Å²) in [5.74, 6) is 1.91. The highest BCUT2D eigenvalue weighted by molar-refractivity contribution is 5.96. The number of pyridine rings is 1. The molecule has 0 spiro atoms. The van der Waals surface area contributed by atoms with E-state index < -0.39 is 0 Å². The number of piperazine rings is 1. The van der Waals surface area contributed by atoms with E-state index in [2.05, 4.69) is 72.7 Å². The van der Waals surface area contributed by atoms with Gasteiger partial charge in [0.2, 0.25) is 0 Å². The van der Waals surface area contributed by atoms with Gasteiger partial charge in [-0.3, -0.25) is 4.90 Å². The minimum atomic E-state index is 0.387. The fraction of sp³-hybridized carbons (Fsp3) is 0.320. The second-order valence-electron chi connectivity index (χ2n) is 7.87. The number of hydrogen-bond acceptors (Lipinski definition) is 4. The maximum atomic E-state index is 5.46. The lowest BCUT2D eigenvalue weighted by Gasteiger charge is -2.44. The number of aromatic nitrogens is 1. The predicted octanol–water partition coefficient (Wildman–Crippen LogP) is 5.00. The first-order valence-corrected chi connectivity index (χ1v) is 10.3. The fourth-order valence-electron chi connectivity index (χ4n) is 4.28. The molecule has 4 rings (SSSR count). The highest BCUT2D eigenvalue weighted by atomic mass is 16.5. The van der Waals surface area contributed by atoms with Crippen molar-refractivity contribution in [1.29, 1.82) is 0 Å². The molecule has 29 heavy (non-hydrogen) atoms. The Bertz CT molecular complexity index is 1020. The smallest absolute Gasteiger partial charge is 0.130 e. The van der Waals surface area contributed by atoms with Crippen LogP contribution in [0.4, 0.5) is 5.82 Å². The fourth-order valence-corrected chi connectivity index (χ4v) is 4.28. The zero-order valence-electron chi connectivity index (χ0n) is 17.5. The second-order valence-corrected chi connectivity index (χ2v) is 7.87. The summed E-state index contributed by atoms with van der Waals surface area (Å²) >= 11 is 0. The first-order valence-electron chi connectivity index (χ1n) is 10.3. The number of nitrogens with zero attached hydrogens (tertiary/aromatic N) is 3. The van der Waals surface area contributed by atoms with Gasteiger partial charge in [-0.15, -0.1) is 6.58 Å². The minimum Gasteiger partial charge on any atom is -0.497 e. The van der Waals surface area contributed by atoms with Crippen molar-refractivity contribution in [3.8, 4) is 16.9 Å². The quantitative estimate of drug-likeness (QED) is 0.576. The molecule has 2 aromatic carbocycles. The van der Waals surface area contributed by atoms with E-state index in [1.165, 1.54) is 5.56 Å². The van der Waals surface area contributed by atoms with Crippen LogP contribution in [-0.2, 0) is 0 Å². The summed E-state index contributed by atoms with van der Waals surface area (Å²) in [7, 11) is 1.71. The molecule has 1 fully saturated rings. The van der Waals surface area contributed by atoms with Gasteiger partial charge in [0, 0.05) is 37.1 Å². The minimum absolute atomic E-state index is 0.387.